The standard InChI is InChI=1S/C19H24N2O/c1-4-5-16-8-12-17(13-9-16)20-15(3)19(22)21-18-10-6-14(2)7-11-18/h6-13,15,20H,4-5H2,1-3H3,(H,21,22). The molecule has 0 bridgehead atoms. The molecule has 116 valence electrons. The van der Waals surface area contributed by atoms with Gasteiger partial charge in [0, 0.05) is 11.4 Å². The van der Waals surface area contributed by atoms with E-state index in [9.17, 15) is 4.79 Å². The molecule has 1 atom stereocenters. The zero-order chi connectivity index (χ0) is 15.9. The Labute approximate surface area is 132 Å². The summed E-state index contributed by atoms with van der Waals surface area (Å²) in [6.07, 6.45) is 2.23. The minimum absolute atomic E-state index is 0.0403. The van der Waals surface area contributed by atoms with Gasteiger partial charge in [-0.15, -0.1) is 0 Å². The molecule has 0 aliphatic carbocycles. The first-order chi connectivity index (χ1) is 10.6. The summed E-state index contributed by atoms with van der Waals surface area (Å²) < 4.78 is 0. The Morgan fingerprint density at radius 2 is 1.59 bits per heavy atom. The van der Waals surface area contributed by atoms with Crippen molar-refractivity contribution >= 4 is 17.3 Å². The molecule has 3 heteroatoms. The quantitative estimate of drug-likeness (QED) is 0.830. The average molecular weight is 296 g/mol. The van der Waals surface area contributed by atoms with E-state index in [2.05, 4.69) is 29.7 Å². The van der Waals surface area contributed by atoms with Crippen LogP contribution in [-0.2, 0) is 11.2 Å². The largest absolute Gasteiger partial charge is 0.374 e. The fraction of sp³-hybridized carbons (Fsp3) is 0.316. The van der Waals surface area contributed by atoms with Gasteiger partial charge >= 0.3 is 0 Å². The molecule has 2 aromatic carbocycles. The van der Waals surface area contributed by atoms with Crippen LogP contribution in [0.4, 0.5) is 11.4 Å². The van der Waals surface area contributed by atoms with E-state index >= 15 is 0 Å². The van der Waals surface area contributed by atoms with E-state index in [1.165, 1.54) is 11.1 Å². The van der Waals surface area contributed by atoms with Gasteiger partial charge in [0.25, 0.3) is 0 Å². The molecule has 1 unspecified atom stereocenters. The second kappa shape index (κ2) is 7.64. The molecule has 1 amide bonds. The molecule has 0 aromatic heterocycles. The lowest BCUT2D eigenvalue weighted by atomic mass is 10.1. The van der Waals surface area contributed by atoms with Crippen molar-refractivity contribution in [3.8, 4) is 0 Å². The van der Waals surface area contributed by atoms with E-state index in [1.807, 2.05) is 50.2 Å². The molecule has 2 aromatic rings. The van der Waals surface area contributed by atoms with Crippen LogP contribution in [0.1, 0.15) is 31.4 Å². The van der Waals surface area contributed by atoms with Gasteiger partial charge < -0.3 is 10.6 Å². The van der Waals surface area contributed by atoms with Gasteiger partial charge in [-0.3, -0.25) is 4.79 Å². The minimum Gasteiger partial charge on any atom is -0.374 e. The third kappa shape index (κ3) is 4.62. The second-order valence-corrected chi connectivity index (χ2v) is 5.67. The maximum Gasteiger partial charge on any atom is 0.246 e. The fourth-order valence-corrected chi connectivity index (χ4v) is 2.26. The van der Waals surface area contributed by atoms with Crippen molar-refractivity contribution < 1.29 is 4.79 Å². The molecule has 0 saturated carbocycles. The summed E-state index contributed by atoms with van der Waals surface area (Å²) in [6.45, 7) is 6.06. The van der Waals surface area contributed by atoms with Crippen LogP contribution >= 0.6 is 0 Å². The summed E-state index contributed by atoms with van der Waals surface area (Å²) in [5.41, 5.74) is 4.29. The average Bonchev–Trinajstić information content (AvgIpc) is 2.51. The van der Waals surface area contributed by atoms with Gasteiger partial charge in [-0.25, -0.2) is 0 Å². The lowest BCUT2D eigenvalue weighted by Gasteiger charge is -2.15. The number of benzene rings is 2. The van der Waals surface area contributed by atoms with Gasteiger partial charge in [-0.05, 0) is 50.1 Å². The summed E-state index contributed by atoms with van der Waals surface area (Å²) in [5, 5.41) is 6.15. The number of carbonyl (C=O) groups is 1. The van der Waals surface area contributed by atoms with Crippen LogP contribution in [-0.4, -0.2) is 11.9 Å². The predicted molar refractivity (Wildman–Crippen MR) is 93.3 cm³/mol. The lowest BCUT2D eigenvalue weighted by Crippen LogP contribution is -2.31. The number of aryl methyl sites for hydroxylation is 2. The molecule has 0 heterocycles. The molecule has 2 rings (SSSR count). The van der Waals surface area contributed by atoms with E-state index in [1.54, 1.807) is 0 Å². The van der Waals surface area contributed by atoms with Crippen LogP contribution in [0.15, 0.2) is 48.5 Å². The number of carbonyl (C=O) groups excluding carboxylic acids is 1. The van der Waals surface area contributed by atoms with Crippen LogP contribution in [0.2, 0.25) is 0 Å². The van der Waals surface area contributed by atoms with Crippen molar-refractivity contribution in [3.63, 3.8) is 0 Å². The Morgan fingerprint density at radius 3 is 2.18 bits per heavy atom. The zero-order valence-electron chi connectivity index (χ0n) is 13.5. The van der Waals surface area contributed by atoms with Crippen LogP contribution in [0.3, 0.4) is 0 Å². The molecule has 2 N–H and O–H groups in total. The smallest absolute Gasteiger partial charge is 0.246 e. The highest BCUT2D eigenvalue weighted by Gasteiger charge is 2.12. The Balaban J connectivity index is 1.91. The van der Waals surface area contributed by atoms with Crippen LogP contribution in [0.5, 0.6) is 0 Å². The van der Waals surface area contributed by atoms with Crippen LogP contribution in [0.25, 0.3) is 0 Å². The second-order valence-electron chi connectivity index (χ2n) is 5.67. The third-order valence-corrected chi connectivity index (χ3v) is 3.59. The molecule has 0 aliphatic heterocycles. The number of anilines is 2. The van der Waals surface area contributed by atoms with Gasteiger partial charge in [0.1, 0.15) is 6.04 Å². The molecule has 22 heavy (non-hydrogen) atoms. The zero-order valence-corrected chi connectivity index (χ0v) is 13.5. The van der Waals surface area contributed by atoms with E-state index in [4.69, 9.17) is 0 Å². The Hall–Kier alpha value is -2.29. The number of amides is 1. The van der Waals surface area contributed by atoms with Crippen molar-refractivity contribution in [3.05, 3.63) is 59.7 Å². The predicted octanol–water partition coefficient (Wildman–Crippen LogP) is 4.39. The number of nitrogens with one attached hydrogen (secondary N) is 2. The number of hydrogen-bond donors (Lipinski definition) is 2. The maximum atomic E-state index is 12.2. The third-order valence-electron chi connectivity index (χ3n) is 3.59. The van der Waals surface area contributed by atoms with Crippen molar-refractivity contribution in [2.45, 2.75) is 39.7 Å². The first kappa shape index (κ1) is 16.1. The molecular formula is C19H24N2O. The first-order valence-corrected chi connectivity index (χ1v) is 7.81. The van der Waals surface area contributed by atoms with E-state index in [0.29, 0.717) is 0 Å². The van der Waals surface area contributed by atoms with Crippen LogP contribution in [0, 0.1) is 6.92 Å². The van der Waals surface area contributed by atoms with Gasteiger partial charge in [-0.2, -0.15) is 0 Å². The monoisotopic (exact) mass is 296 g/mol. The maximum absolute atomic E-state index is 12.2. The van der Waals surface area contributed by atoms with Crippen molar-refractivity contribution in [1.82, 2.24) is 0 Å². The minimum atomic E-state index is -0.293. The molecule has 0 saturated heterocycles. The Bertz CT molecular complexity index is 602. The molecule has 0 aliphatic rings. The fourth-order valence-electron chi connectivity index (χ4n) is 2.26. The summed E-state index contributed by atoms with van der Waals surface area (Å²) in [6, 6.07) is 15.8. The number of hydrogen-bond acceptors (Lipinski definition) is 2. The van der Waals surface area contributed by atoms with E-state index in [0.717, 1.165) is 24.2 Å². The van der Waals surface area contributed by atoms with Gasteiger partial charge in [0.05, 0.1) is 0 Å². The normalized spacial score (nSPS) is 11.8. The molecule has 3 nitrogen and oxygen atoms in total. The van der Waals surface area contributed by atoms with Crippen molar-refractivity contribution in [1.29, 1.82) is 0 Å². The van der Waals surface area contributed by atoms with Crippen LogP contribution < -0.4 is 10.6 Å². The van der Waals surface area contributed by atoms with Gasteiger partial charge in [0.2, 0.25) is 5.91 Å². The van der Waals surface area contributed by atoms with Crippen molar-refractivity contribution in [2.75, 3.05) is 10.6 Å². The summed E-state index contributed by atoms with van der Waals surface area (Å²) >= 11 is 0. The first-order valence-electron chi connectivity index (χ1n) is 7.81. The van der Waals surface area contributed by atoms with Gasteiger partial charge in [-0.1, -0.05) is 43.2 Å². The van der Waals surface area contributed by atoms with E-state index in [-0.39, 0.29) is 11.9 Å². The molecular weight excluding hydrogens is 272 g/mol. The summed E-state index contributed by atoms with van der Waals surface area (Å²) in [7, 11) is 0. The highest BCUT2D eigenvalue weighted by Crippen LogP contribution is 2.13. The lowest BCUT2D eigenvalue weighted by molar-refractivity contribution is -0.116. The van der Waals surface area contributed by atoms with E-state index < -0.39 is 0 Å². The molecule has 0 fully saturated rings. The highest BCUT2D eigenvalue weighted by atomic mass is 16.2. The number of rotatable bonds is 6. The Morgan fingerprint density at radius 1 is 1.00 bits per heavy atom. The highest BCUT2D eigenvalue weighted by molar-refractivity contribution is 5.96. The molecule has 0 radical (unpaired) electrons. The summed E-state index contributed by atoms with van der Waals surface area (Å²) in [5.74, 6) is -0.0403. The summed E-state index contributed by atoms with van der Waals surface area (Å²) in [4.78, 5) is 12.2. The van der Waals surface area contributed by atoms with Crippen molar-refractivity contribution in [2.24, 2.45) is 0 Å². The topological polar surface area (TPSA) is 41.1 Å². The Kier molecular flexibility index (Phi) is 5.59. The molecule has 0 spiro atoms. The van der Waals surface area contributed by atoms with Gasteiger partial charge in [0.15, 0.2) is 0 Å². The SMILES string of the molecule is CCCc1ccc(NC(C)C(=O)Nc2ccc(C)cc2)cc1.